The van der Waals surface area contributed by atoms with Gasteiger partial charge in [-0.3, -0.25) is 0 Å². The van der Waals surface area contributed by atoms with Crippen molar-refractivity contribution in [3.63, 3.8) is 0 Å². The van der Waals surface area contributed by atoms with Gasteiger partial charge >= 0.3 is 0 Å². The molecule has 0 atom stereocenters. The summed E-state index contributed by atoms with van der Waals surface area (Å²) in [6, 6.07) is 0. The molecule has 0 unspecified atom stereocenters. The van der Waals surface area contributed by atoms with Crippen LogP contribution >= 0.6 is 0 Å². The van der Waals surface area contributed by atoms with Gasteiger partial charge in [-0.25, -0.2) is 0 Å². The van der Waals surface area contributed by atoms with E-state index in [1.54, 1.807) is 0 Å². The predicted molar refractivity (Wildman–Crippen MR) is 42.8 cm³/mol. The van der Waals surface area contributed by atoms with Crippen LogP contribution in [-0.2, 0) is 37.4 Å². The average molecular weight is 230 g/mol. The van der Waals surface area contributed by atoms with Crippen LogP contribution in [0.5, 0.6) is 0 Å². The van der Waals surface area contributed by atoms with Crippen molar-refractivity contribution in [1.82, 2.24) is 0 Å². The topological polar surface area (TPSA) is 9.23 Å². The number of hydrogen-bond donors (Lipinski definition) is 0. The molecule has 0 saturated carbocycles. The third kappa shape index (κ3) is 4.01. The molecule has 11 heavy (non-hydrogen) atoms. The van der Waals surface area contributed by atoms with Gasteiger partial charge in [-0.05, 0) is 27.7 Å². The Kier molecular flexibility index (Phi) is 4.22. The van der Waals surface area contributed by atoms with Gasteiger partial charge < -0.3 is 11.2 Å². The summed E-state index contributed by atoms with van der Waals surface area (Å²) in [7, 11) is 0. The first-order valence-electron chi connectivity index (χ1n) is 3.93. The summed E-state index contributed by atoms with van der Waals surface area (Å²) in [4.78, 5) is 0. The summed E-state index contributed by atoms with van der Waals surface area (Å²) >= 11 is 0. The van der Waals surface area contributed by atoms with Gasteiger partial charge in [-0.2, -0.15) is 12.8 Å². The van der Waals surface area contributed by atoms with Crippen LogP contribution in [0.3, 0.4) is 0 Å². The van der Waals surface area contributed by atoms with Crippen molar-refractivity contribution >= 4 is 0 Å². The van der Waals surface area contributed by atoms with Gasteiger partial charge in [0.1, 0.15) is 0 Å². The van der Waals surface area contributed by atoms with E-state index in [1.165, 1.54) is 0 Å². The quantitative estimate of drug-likeness (QED) is 0.581. The van der Waals surface area contributed by atoms with E-state index in [0.717, 1.165) is 12.8 Å². The minimum atomic E-state index is 0. The minimum absolute atomic E-state index is 0. The van der Waals surface area contributed by atoms with E-state index in [-0.39, 0.29) is 43.9 Å². The van der Waals surface area contributed by atoms with Crippen LogP contribution in [0.2, 0.25) is 0 Å². The number of ether oxygens (including phenoxy) is 1. The van der Waals surface area contributed by atoms with Gasteiger partial charge in [0.25, 0.3) is 0 Å². The van der Waals surface area contributed by atoms with Gasteiger partial charge in [0.2, 0.25) is 0 Å². The fraction of sp³-hybridized carbons (Fsp3) is 0.889. The van der Waals surface area contributed by atoms with Crippen molar-refractivity contribution in [2.75, 3.05) is 0 Å². The Morgan fingerprint density at radius 3 is 1.55 bits per heavy atom. The normalized spacial score (nSPS) is 27.3. The molecule has 1 radical (unpaired) electrons. The SMILES string of the molecule is CC1(C)C[CH-]CC(C)(C)O1.[Y]. The van der Waals surface area contributed by atoms with Crippen LogP contribution in [-0.4, -0.2) is 11.2 Å². The molecule has 0 aliphatic carbocycles. The van der Waals surface area contributed by atoms with E-state index in [1.807, 2.05) is 0 Å². The Labute approximate surface area is 95.2 Å². The Morgan fingerprint density at radius 1 is 1.00 bits per heavy atom. The third-order valence-corrected chi connectivity index (χ3v) is 1.82. The minimum Gasteiger partial charge on any atom is -0.375 e. The molecular weight excluding hydrogens is 213 g/mol. The van der Waals surface area contributed by atoms with E-state index >= 15 is 0 Å². The molecule has 0 aromatic carbocycles. The van der Waals surface area contributed by atoms with Crippen molar-refractivity contribution in [2.24, 2.45) is 0 Å². The monoisotopic (exact) mass is 230 g/mol. The first-order valence-corrected chi connectivity index (χ1v) is 3.93. The zero-order chi connectivity index (χ0) is 7.83. The maximum Gasteiger partial charge on any atom is 0.0365 e. The second-order valence-corrected chi connectivity index (χ2v) is 4.32. The molecule has 0 bridgehead atoms. The van der Waals surface area contributed by atoms with Gasteiger partial charge in [-0.1, -0.05) is 0 Å². The Hall–Kier alpha value is 1.06. The van der Waals surface area contributed by atoms with Crippen molar-refractivity contribution in [3.05, 3.63) is 6.42 Å². The second kappa shape index (κ2) is 3.85. The summed E-state index contributed by atoms with van der Waals surface area (Å²) in [5, 5.41) is 0. The smallest absolute Gasteiger partial charge is 0.0365 e. The van der Waals surface area contributed by atoms with Crippen molar-refractivity contribution < 1.29 is 37.4 Å². The van der Waals surface area contributed by atoms with Crippen LogP contribution < -0.4 is 0 Å². The molecule has 0 N–H and O–H groups in total. The Bertz CT molecular complexity index is 116. The van der Waals surface area contributed by atoms with Crippen LogP contribution in [0.15, 0.2) is 0 Å². The van der Waals surface area contributed by atoms with E-state index in [4.69, 9.17) is 4.74 Å². The molecule has 63 valence electrons. The maximum atomic E-state index is 5.83. The van der Waals surface area contributed by atoms with E-state index in [9.17, 15) is 0 Å². The molecule has 0 aromatic rings. The van der Waals surface area contributed by atoms with Gasteiger partial charge in [-0.15, -0.1) is 0 Å². The van der Waals surface area contributed by atoms with Crippen LogP contribution in [0.1, 0.15) is 40.5 Å². The summed E-state index contributed by atoms with van der Waals surface area (Å²) in [6.45, 7) is 8.57. The molecule has 1 aliphatic rings. The van der Waals surface area contributed by atoms with Crippen molar-refractivity contribution in [3.8, 4) is 0 Å². The van der Waals surface area contributed by atoms with Gasteiger partial charge in [0.15, 0.2) is 0 Å². The molecule has 1 heterocycles. The van der Waals surface area contributed by atoms with Crippen LogP contribution in [0.4, 0.5) is 0 Å². The molecule has 1 saturated heterocycles. The fourth-order valence-electron chi connectivity index (χ4n) is 1.60. The summed E-state index contributed by atoms with van der Waals surface area (Å²) in [6.07, 6.45) is 4.48. The van der Waals surface area contributed by atoms with Gasteiger partial charge in [0, 0.05) is 43.9 Å². The van der Waals surface area contributed by atoms with Crippen molar-refractivity contribution in [1.29, 1.82) is 0 Å². The molecule has 0 spiro atoms. The second-order valence-electron chi connectivity index (χ2n) is 4.32. The molecule has 1 aliphatic heterocycles. The number of hydrogen-bond acceptors (Lipinski definition) is 1. The summed E-state index contributed by atoms with van der Waals surface area (Å²) in [5.41, 5.74) is 0.115. The van der Waals surface area contributed by atoms with Crippen molar-refractivity contribution in [2.45, 2.75) is 51.7 Å². The van der Waals surface area contributed by atoms with Gasteiger partial charge in [0.05, 0.1) is 0 Å². The first kappa shape index (κ1) is 12.1. The largest absolute Gasteiger partial charge is 0.375 e. The van der Waals surface area contributed by atoms with Crippen LogP contribution in [0.25, 0.3) is 0 Å². The molecule has 0 amide bonds. The summed E-state index contributed by atoms with van der Waals surface area (Å²) < 4.78 is 5.83. The standard InChI is InChI=1S/C9H17O.Y/c1-8(2)6-5-7-9(3,4)10-8;/h5H,6-7H2,1-4H3;/q-1;. The molecule has 1 rings (SSSR count). The summed E-state index contributed by atoms with van der Waals surface area (Å²) in [5.74, 6) is 0. The number of rotatable bonds is 0. The zero-order valence-electron chi connectivity index (χ0n) is 7.98. The predicted octanol–water partition coefficient (Wildman–Crippen LogP) is 2.56. The molecule has 0 aromatic heterocycles. The zero-order valence-corrected chi connectivity index (χ0v) is 10.8. The Morgan fingerprint density at radius 2 is 1.36 bits per heavy atom. The third-order valence-electron chi connectivity index (χ3n) is 1.82. The van der Waals surface area contributed by atoms with E-state index in [2.05, 4.69) is 34.1 Å². The molecule has 1 fully saturated rings. The van der Waals surface area contributed by atoms with E-state index in [0.29, 0.717) is 0 Å². The molecule has 1 nitrogen and oxygen atoms in total. The fourth-order valence-corrected chi connectivity index (χ4v) is 1.60. The first-order chi connectivity index (χ1) is 4.41. The Balaban J connectivity index is 0.000001000. The maximum absolute atomic E-state index is 5.83. The van der Waals surface area contributed by atoms with E-state index < -0.39 is 0 Å². The molecular formula is C9H17OY-. The molecule has 2 heteroatoms. The van der Waals surface area contributed by atoms with Crippen LogP contribution in [0, 0.1) is 6.42 Å². The average Bonchev–Trinajstić information content (AvgIpc) is 1.56.